The fourth-order valence-electron chi connectivity index (χ4n) is 3.24. The first-order valence-electron chi connectivity index (χ1n) is 7.92. The summed E-state index contributed by atoms with van der Waals surface area (Å²) in [6.45, 7) is 8.48. The van der Waals surface area contributed by atoms with Crippen molar-refractivity contribution >= 4 is 23.0 Å². The average molecular weight is 289 g/mol. The van der Waals surface area contributed by atoms with Crippen molar-refractivity contribution in [3.63, 3.8) is 0 Å². The maximum atomic E-state index is 11.7. The van der Waals surface area contributed by atoms with Gasteiger partial charge in [-0.1, -0.05) is 6.92 Å². The fourth-order valence-corrected chi connectivity index (χ4v) is 3.24. The van der Waals surface area contributed by atoms with E-state index in [9.17, 15) is 4.79 Å². The number of nitrogens with zero attached hydrogens (tertiary/aromatic N) is 1. The van der Waals surface area contributed by atoms with E-state index < -0.39 is 0 Å². The lowest BCUT2D eigenvalue weighted by Crippen LogP contribution is -2.44. The molecule has 4 heteroatoms. The second kappa shape index (κ2) is 6.37. The van der Waals surface area contributed by atoms with E-state index in [4.69, 9.17) is 5.73 Å². The lowest BCUT2D eigenvalue weighted by molar-refractivity contribution is -0.115. The molecule has 0 saturated carbocycles. The normalized spacial score (nSPS) is 22.2. The van der Waals surface area contributed by atoms with Crippen LogP contribution in [-0.2, 0) is 4.79 Å². The van der Waals surface area contributed by atoms with Crippen molar-refractivity contribution in [1.29, 1.82) is 0 Å². The molecule has 1 amide bonds. The molecule has 0 radical (unpaired) electrons. The van der Waals surface area contributed by atoms with Gasteiger partial charge in [0.1, 0.15) is 0 Å². The van der Waals surface area contributed by atoms with E-state index in [1.165, 1.54) is 30.5 Å². The number of hydrogen-bond acceptors (Lipinski definition) is 3. The Morgan fingerprint density at radius 1 is 1.33 bits per heavy atom. The van der Waals surface area contributed by atoms with E-state index in [2.05, 4.69) is 31.0 Å². The van der Waals surface area contributed by atoms with Gasteiger partial charge in [0.05, 0.1) is 11.4 Å². The lowest BCUT2D eigenvalue weighted by Gasteiger charge is -2.42. The standard InChI is InChI=1S/C17H27N3O/c1-5-17(21)19-15-10-16(11(2)9-14(15)18)20-12(3)7-6-8-13(20)4/h9-10,12-13H,5-8,18H2,1-4H3,(H,19,21). The Bertz CT molecular complexity index is 517. The van der Waals surface area contributed by atoms with Crippen molar-refractivity contribution < 1.29 is 4.79 Å². The first-order chi connectivity index (χ1) is 9.93. The van der Waals surface area contributed by atoms with Crippen molar-refractivity contribution in [1.82, 2.24) is 0 Å². The van der Waals surface area contributed by atoms with Gasteiger partial charge in [-0.05, 0) is 57.7 Å². The van der Waals surface area contributed by atoms with E-state index in [1.807, 2.05) is 19.1 Å². The van der Waals surface area contributed by atoms with Crippen LogP contribution in [0.25, 0.3) is 0 Å². The highest BCUT2D eigenvalue weighted by molar-refractivity contribution is 5.94. The van der Waals surface area contributed by atoms with Gasteiger partial charge in [0, 0.05) is 24.2 Å². The molecule has 1 aliphatic heterocycles. The third kappa shape index (κ3) is 3.31. The lowest BCUT2D eigenvalue weighted by atomic mass is 9.95. The smallest absolute Gasteiger partial charge is 0.224 e. The van der Waals surface area contributed by atoms with Crippen LogP contribution in [0.5, 0.6) is 0 Å². The van der Waals surface area contributed by atoms with Crippen LogP contribution in [-0.4, -0.2) is 18.0 Å². The summed E-state index contributed by atoms with van der Waals surface area (Å²) in [7, 11) is 0. The number of nitrogen functional groups attached to an aromatic ring is 1. The number of nitrogens with one attached hydrogen (secondary N) is 1. The Morgan fingerprint density at radius 2 is 1.95 bits per heavy atom. The summed E-state index contributed by atoms with van der Waals surface area (Å²) in [5.41, 5.74) is 9.78. The van der Waals surface area contributed by atoms with Gasteiger partial charge >= 0.3 is 0 Å². The van der Waals surface area contributed by atoms with Gasteiger partial charge in [0.15, 0.2) is 0 Å². The number of anilines is 3. The third-order valence-corrected chi connectivity index (χ3v) is 4.43. The van der Waals surface area contributed by atoms with Crippen LogP contribution in [0.2, 0.25) is 0 Å². The fraction of sp³-hybridized carbons (Fsp3) is 0.588. The highest BCUT2D eigenvalue weighted by atomic mass is 16.1. The first kappa shape index (κ1) is 15.7. The molecule has 0 aliphatic carbocycles. The minimum atomic E-state index is -0.00348. The minimum absolute atomic E-state index is 0.00348. The SMILES string of the molecule is CCC(=O)Nc1cc(N2C(C)CCCC2C)c(C)cc1N. The molecular formula is C17H27N3O. The first-order valence-corrected chi connectivity index (χ1v) is 7.92. The van der Waals surface area contributed by atoms with Gasteiger partial charge in [-0.3, -0.25) is 4.79 Å². The maximum Gasteiger partial charge on any atom is 0.224 e. The van der Waals surface area contributed by atoms with Gasteiger partial charge in [-0.25, -0.2) is 0 Å². The number of carbonyl (C=O) groups excluding carboxylic acids is 1. The predicted octanol–water partition coefficient (Wildman–Crippen LogP) is 3.69. The zero-order valence-electron chi connectivity index (χ0n) is 13.6. The van der Waals surface area contributed by atoms with Crippen LogP contribution in [0.3, 0.4) is 0 Å². The molecule has 1 fully saturated rings. The van der Waals surface area contributed by atoms with Crippen molar-refractivity contribution in [3.05, 3.63) is 17.7 Å². The number of amides is 1. The summed E-state index contributed by atoms with van der Waals surface area (Å²) in [5, 5.41) is 2.91. The van der Waals surface area contributed by atoms with Gasteiger partial charge in [0.25, 0.3) is 0 Å². The summed E-state index contributed by atoms with van der Waals surface area (Å²) < 4.78 is 0. The molecule has 2 atom stereocenters. The molecule has 1 aliphatic rings. The zero-order chi connectivity index (χ0) is 15.6. The summed E-state index contributed by atoms with van der Waals surface area (Å²) >= 11 is 0. The Balaban J connectivity index is 2.38. The summed E-state index contributed by atoms with van der Waals surface area (Å²) in [6.07, 6.45) is 4.17. The summed E-state index contributed by atoms with van der Waals surface area (Å²) in [4.78, 5) is 14.1. The topological polar surface area (TPSA) is 58.4 Å². The molecular weight excluding hydrogens is 262 g/mol. The van der Waals surface area contributed by atoms with Gasteiger partial charge in [-0.2, -0.15) is 0 Å². The second-order valence-corrected chi connectivity index (χ2v) is 6.16. The molecule has 1 saturated heterocycles. The second-order valence-electron chi connectivity index (χ2n) is 6.16. The van der Waals surface area contributed by atoms with Crippen LogP contribution in [0.4, 0.5) is 17.1 Å². The van der Waals surface area contributed by atoms with Crippen LogP contribution >= 0.6 is 0 Å². The van der Waals surface area contributed by atoms with E-state index >= 15 is 0 Å². The highest BCUT2D eigenvalue weighted by Gasteiger charge is 2.26. The van der Waals surface area contributed by atoms with Gasteiger partial charge < -0.3 is 16.0 Å². The Hall–Kier alpha value is -1.71. The quantitative estimate of drug-likeness (QED) is 0.834. The molecule has 1 heterocycles. The van der Waals surface area contributed by atoms with E-state index in [-0.39, 0.29) is 5.91 Å². The van der Waals surface area contributed by atoms with E-state index in [0.29, 0.717) is 24.2 Å². The predicted molar refractivity (Wildman–Crippen MR) is 89.8 cm³/mol. The maximum absolute atomic E-state index is 11.7. The van der Waals surface area contributed by atoms with E-state index in [0.717, 1.165) is 5.69 Å². The highest BCUT2D eigenvalue weighted by Crippen LogP contribution is 2.35. The molecule has 1 aromatic carbocycles. The molecule has 0 bridgehead atoms. The zero-order valence-corrected chi connectivity index (χ0v) is 13.6. The molecule has 2 unspecified atom stereocenters. The van der Waals surface area contributed by atoms with Crippen LogP contribution in [0, 0.1) is 6.92 Å². The van der Waals surface area contributed by atoms with E-state index in [1.54, 1.807) is 0 Å². The number of benzene rings is 1. The van der Waals surface area contributed by atoms with Crippen molar-refractivity contribution in [3.8, 4) is 0 Å². The largest absolute Gasteiger partial charge is 0.397 e. The Kier molecular flexibility index (Phi) is 4.76. The monoisotopic (exact) mass is 289 g/mol. The molecule has 0 spiro atoms. The summed E-state index contributed by atoms with van der Waals surface area (Å²) in [6, 6.07) is 5.04. The number of piperidine rings is 1. The van der Waals surface area contributed by atoms with Gasteiger partial charge in [0.2, 0.25) is 5.91 Å². The molecule has 4 nitrogen and oxygen atoms in total. The number of carbonyl (C=O) groups is 1. The number of aryl methyl sites for hydroxylation is 1. The van der Waals surface area contributed by atoms with Crippen LogP contribution in [0.1, 0.15) is 52.0 Å². The van der Waals surface area contributed by atoms with Crippen molar-refractivity contribution in [2.45, 2.75) is 65.5 Å². The Labute approximate surface area is 127 Å². The van der Waals surface area contributed by atoms with Crippen molar-refractivity contribution in [2.24, 2.45) is 0 Å². The molecule has 0 aromatic heterocycles. The minimum Gasteiger partial charge on any atom is -0.397 e. The molecule has 3 N–H and O–H groups in total. The molecule has 116 valence electrons. The molecule has 2 rings (SSSR count). The molecule has 1 aromatic rings. The summed E-state index contributed by atoms with van der Waals surface area (Å²) in [5.74, 6) is -0.00348. The van der Waals surface area contributed by atoms with Crippen molar-refractivity contribution in [2.75, 3.05) is 16.0 Å². The van der Waals surface area contributed by atoms with Gasteiger partial charge in [-0.15, -0.1) is 0 Å². The van der Waals surface area contributed by atoms with Crippen LogP contribution < -0.4 is 16.0 Å². The number of rotatable bonds is 3. The number of nitrogens with two attached hydrogens (primary N) is 1. The third-order valence-electron chi connectivity index (χ3n) is 4.43. The average Bonchev–Trinajstić information content (AvgIpc) is 2.43. The molecule has 21 heavy (non-hydrogen) atoms. The van der Waals surface area contributed by atoms with Crippen LogP contribution in [0.15, 0.2) is 12.1 Å². The number of hydrogen-bond donors (Lipinski definition) is 2. The Morgan fingerprint density at radius 3 is 2.52 bits per heavy atom.